The predicted octanol–water partition coefficient (Wildman–Crippen LogP) is 0.537. The van der Waals surface area contributed by atoms with Crippen molar-refractivity contribution < 1.29 is 4.79 Å². The summed E-state index contributed by atoms with van der Waals surface area (Å²) in [5.41, 5.74) is 0. The molecule has 0 aromatic carbocycles. The summed E-state index contributed by atoms with van der Waals surface area (Å²) in [5, 5.41) is 3.33. The molecule has 0 aromatic rings. The maximum absolute atomic E-state index is 12.3. The lowest BCUT2D eigenvalue weighted by molar-refractivity contribution is -0.135. The molecule has 0 aromatic heterocycles. The van der Waals surface area contributed by atoms with Crippen molar-refractivity contribution in [1.29, 1.82) is 0 Å². The van der Waals surface area contributed by atoms with Crippen molar-refractivity contribution in [3.05, 3.63) is 0 Å². The molecule has 0 aliphatic carbocycles. The Kier molecular flexibility index (Phi) is 4.05. The van der Waals surface area contributed by atoms with Crippen molar-refractivity contribution >= 4 is 5.91 Å². The molecule has 0 bridgehead atoms. The van der Waals surface area contributed by atoms with E-state index in [2.05, 4.69) is 31.0 Å². The van der Waals surface area contributed by atoms with Crippen molar-refractivity contribution in [2.45, 2.75) is 39.3 Å². The van der Waals surface area contributed by atoms with E-state index in [0.717, 1.165) is 39.1 Å². The molecular weight excluding hydrogens is 214 g/mol. The van der Waals surface area contributed by atoms with E-state index in [1.165, 1.54) is 0 Å². The van der Waals surface area contributed by atoms with Gasteiger partial charge in [0.15, 0.2) is 0 Å². The number of nitrogens with zero attached hydrogens (tertiary/aromatic N) is 2. The van der Waals surface area contributed by atoms with Crippen LogP contribution in [0.5, 0.6) is 0 Å². The third-order valence-electron chi connectivity index (χ3n) is 4.16. The standard InChI is InChI=1S/C13H25N3O/c1-10(2)15-6-8-16(9-7-15)13(17)12-11(3)4-5-14-12/h10-12,14H,4-9H2,1-3H3. The summed E-state index contributed by atoms with van der Waals surface area (Å²) in [7, 11) is 0. The molecule has 98 valence electrons. The lowest BCUT2D eigenvalue weighted by Gasteiger charge is -2.38. The highest BCUT2D eigenvalue weighted by Crippen LogP contribution is 2.17. The van der Waals surface area contributed by atoms with Gasteiger partial charge in [-0.25, -0.2) is 0 Å². The zero-order valence-electron chi connectivity index (χ0n) is 11.3. The van der Waals surface area contributed by atoms with Crippen molar-refractivity contribution in [3.8, 4) is 0 Å². The summed E-state index contributed by atoms with van der Waals surface area (Å²) >= 11 is 0. The first kappa shape index (κ1) is 12.8. The molecule has 2 rings (SSSR count). The van der Waals surface area contributed by atoms with E-state index in [1.54, 1.807) is 0 Å². The molecule has 0 radical (unpaired) electrons. The maximum atomic E-state index is 12.3. The fourth-order valence-electron chi connectivity index (χ4n) is 2.82. The molecule has 4 heteroatoms. The molecule has 2 atom stereocenters. The van der Waals surface area contributed by atoms with Gasteiger partial charge in [-0.15, -0.1) is 0 Å². The van der Waals surface area contributed by atoms with Crippen LogP contribution in [0.1, 0.15) is 27.2 Å². The summed E-state index contributed by atoms with van der Waals surface area (Å²) in [5.74, 6) is 0.809. The fraction of sp³-hybridized carbons (Fsp3) is 0.923. The monoisotopic (exact) mass is 239 g/mol. The van der Waals surface area contributed by atoms with Gasteiger partial charge < -0.3 is 10.2 Å². The molecule has 17 heavy (non-hydrogen) atoms. The Labute approximate surface area is 104 Å². The molecule has 1 N–H and O–H groups in total. The van der Waals surface area contributed by atoms with Crippen LogP contribution in [0.25, 0.3) is 0 Å². The Bertz CT molecular complexity index is 272. The number of rotatable bonds is 2. The summed E-state index contributed by atoms with van der Waals surface area (Å²) in [4.78, 5) is 16.8. The minimum absolute atomic E-state index is 0.0700. The van der Waals surface area contributed by atoms with Gasteiger partial charge in [-0.3, -0.25) is 9.69 Å². The van der Waals surface area contributed by atoms with E-state index in [1.807, 2.05) is 4.90 Å². The smallest absolute Gasteiger partial charge is 0.240 e. The van der Waals surface area contributed by atoms with Crippen LogP contribution in [0.2, 0.25) is 0 Å². The van der Waals surface area contributed by atoms with Gasteiger partial charge in [0.25, 0.3) is 0 Å². The first-order chi connectivity index (χ1) is 8.09. The molecule has 4 nitrogen and oxygen atoms in total. The molecule has 0 saturated carbocycles. The van der Waals surface area contributed by atoms with Crippen molar-refractivity contribution in [1.82, 2.24) is 15.1 Å². The first-order valence-electron chi connectivity index (χ1n) is 6.86. The molecular formula is C13H25N3O. The third-order valence-corrected chi connectivity index (χ3v) is 4.16. The third kappa shape index (κ3) is 2.80. The van der Waals surface area contributed by atoms with Crippen LogP contribution in [0.3, 0.4) is 0 Å². The van der Waals surface area contributed by atoms with Crippen LogP contribution in [0.15, 0.2) is 0 Å². The quantitative estimate of drug-likeness (QED) is 0.764. The van der Waals surface area contributed by atoms with Crippen LogP contribution in [0.4, 0.5) is 0 Å². The van der Waals surface area contributed by atoms with Gasteiger partial charge in [-0.1, -0.05) is 6.92 Å². The van der Waals surface area contributed by atoms with Gasteiger partial charge >= 0.3 is 0 Å². The Morgan fingerprint density at radius 1 is 1.24 bits per heavy atom. The second kappa shape index (κ2) is 5.36. The lowest BCUT2D eigenvalue weighted by atomic mass is 10.0. The fourth-order valence-corrected chi connectivity index (χ4v) is 2.82. The van der Waals surface area contributed by atoms with Crippen LogP contribution < -0.4 is 5.32 Å². The largest absolute Gasteiger partial charge is 0.339 e. The zero-order chi connectivity index (χ0) is 12.4. The number of amides is 1. The Morgan fingerprint density at radius 2 is 1.88 bits per heavy atom. The SMILES string of the molecule is CC1CCNC1C(=O)N1CCN(C(C)C)CC1. The van der Waals surface area contributed by atoms with Crippen molar-refractivity contribution in [2.75, 3.05) is 32.7 Å². The Hall–Kier alpha value is -0.610. The molecule has 0 spiro atoms. The maximum Gasteiger partial charge on any atom is 0.240 e. The predicted molar refractivity (Wildman–Crippen MR) is 68.9 cm³/mol. The molecule has 1 amide bonds. The molecule has 2 saturated heterocycles. The topological polar surface area (TPSA) is 35.6 Å². The van der Waals surface area contributed by atoms with Gasteiger partial charge in [-0.05, 0) is 32.7 Å². The Balaban J connectivity index is 1.86. The molecule has 2 heterocycles. The normalized spacial score (nSPS) is 31.2. The van der Waals surface area contributed by atoms with Crippen LogP contribution in [0, 0.1) is 5.92 Å². The number of carbonyl (C=O) groups excluding carboxylic acids is 1. The van der Waals surface area contributed by atoms with Crippen LogP contribution in [-0.4, -0.2) is 60.5 Å². The Morgan fingerprint density at radius 3 is 2.35 bits per heavy atom. The van der Waals surface area contributed by atoms with E-state index in [4.69, 9.17) is 0 Å². The highest BCUT2D eigenvalue weighted by molar-refractivity contribution is 5.82. The van der Waals surface area contributed by atoms with Gasteiger partial charge in [0, 0.05) is 32.2 Å². The second-order valence-corrected chi connectivity index (χ2v) is 5.65. The van der Waals surface area contributed by atoms with E-state index >= 15 is 0 Å². The highest BCUT2D eigenvalue weighted by atomic mass is 16.2. The van der Waals surface area contributed by atoms with Crippen molar-refractivity contribution in [2.24, 2.45) is 5.92 Å². The number of carbonyl (C=O) groups is 1. The number of piperazine rings is 1. The van der Waals surface area contributed by atoms with E-state index in [-0.39, 0.29) is 6.04 Å². The molecule has 2 aliphatic rings. The number of nitrogens with one attached hydrogen (secondary N) is 1. The van der Waals surface area contributed by atoms with Crippen molar-refractivity contribution in [3.63, 3.8) is 0 Å². The molecule has 2 fully saturated rings. The zero-order valence-corrected chi connectivity index (χ0v) is 11.3. The van der Waals surface area contributed by atoms with Gasteiger partial charge in [0.05, 0.1) is 6.04 Å². The molecule has 2 unspecified atom stereocenters. The van der Waals surface area contributed by atoms with Gasteiger partial charge in [0.1, 0.15) is 0 Å². The average molecular weight is 239 g/mol. The van der Waals surface area contributed by atoms with Gasteiger partial charge in [0.2, 0.25) is 5.91 Å². The molecule has 2 aliphatic heterocycles. The number of hydrogen-bond donors (Lipinski definition) is 1. The summed E-state index contributed by atoms with van der Waals surface area (Å²) in [6.45, 7) is 11.4. The second-order valence-electron chi connectivity index (χ2n) is 5.65. The summed E-state index contributed by atoms with van der Waals surface area (Å²) in [6.07, 6.45) is 1.13. The van der Waals surface area contributed by atoms with Gasteiger partial charge in [-0.2, -0.15) is 0 Å². The summed E-state index contributed by atoms with van der Waals surface area (Å²) < 4.78 is 0. The van der Waals surface area contributed by atoms with Crippen LogP contribution >= 0.6 is 0 Å². The highest BCUT2D eigenvalue weighted by Gasteiger charge is 2.33. The van der Waals surface area contributed by atoms with E-state index in [9.17, 15) is 4.79 Å². The average Bonchev–Trinajstić information content (AvgIpc) is 2.74. The first-order valence-corrected chi connectivity index (χ1v) is 6.86. The lowest BCUT2D eigenvalue weighted by Crippen LogP contribution is -2.55. The van der Waals surface area contributed by atoms with E-state index in [0.29, 0.717) is 17.9 Å². The summed E-state index contributed by atoms with van der Waals surface area (Å²) in [6, 6.07) is 0.663. The van der Waals surface area contributed by atoms with Crippen LogP contribution in [-0.2, 0) is 4.79 Å². The number of hydrogen-bond acceptors (Lipinski definition) is 3. The minimum Gasteiger partial charge on any atom is -0.339 e. The van der Waals surface area contributed by atoms with E-state index < -0.39 is 0 Å². The minimum atomic E-state index is 0.0700.